The zero-order chi connectivity index (χ0) is 22.2. The van der Waals surface area contributed by atoms with Crippen LogP contribution in [0.15, 0.2) is 23.3 Å². The lowest BCUT2D eigenvalue weighted by molar-refractivity contribution is -0.146. The summed E-state index contributed by atoms with van der Waals surface area (Å²) in [6.07, 6.45) is 4.26. The van der Waals surface area contributed by atoms with E-state index in [4.69, 9.17) is 0 Å². The summed E-state index contributed by atoms with van der Waals surface area (Å²) in [7, 11) is 0. The van der Waals surface area contributed by atoms with Crippen molar-refractivity contribution in [2.75, 3.05) is 6.61 Å². The molecule has 3 N–H and O–H groups in total. The predicted octanol–water partition coefficient (Wildman–Crippen LogP) is 2.34. The van der Waals surface area contributed by atoms with Crippen molar-refractivity contribution >= 4 is 17.5 Å². The van der Waals surface area contributed by atoms with Crippen LogP contribution in [-0.4, -0.2) is 46.4 Å². The van der Waals surface area contributed by atoms with Crippen molar-refractivity contribution in [3.05, 3.63) is 23.3 Å². The van der Waals surface area contributed by atoms with Crippen molar-refractivity contribution in [1.29, 1.82) is 0 Å². The second-order valence-electron chi connectivity index (χ2n) is 9.78. The first-order valence-corrected chi connectivity index (χ1v) is 11.2. The summed E-state index contributed by atoms with van der Waals surface area (Å²) in [5.74, 6) is -1.35. The van der Waals surface area contributed by atoms with Gasteiger partial charge in [-0.1, -0.05) is 38.5 Å². The first-order chi connectivity index (χ1) is 14.1. The van der Waals surface area contributed by atoms with E-state index >= 15 is 0 Å². The summed E-state index contributed by atoms with van der Waals surface area (Å²) in [6.45, 7) is 7.97. The summed E-state index contributed by atoms with van der Waals surface area (Å²) >= 11 is 0. The molecular weight excluding hydrogens is 382 g/mol. The lowest BCUT2D eigenvalue weighted by Gasteiger charge is -2.45. The quantitative estimate of drug-likeness (QED) is 0.483. The van der Waals surface area contributed by atoms with Crippen LogP contribution in [0, 0.1) is 29.1 Å². The van der Waals surface area contributed by atoms with Gasteiger partial charge in [0, 0.05) is 30.7 Å². The maximum Gasteiger partial charge on any atom is 0.235 e. The molecule has 2 aliphatic carbocycles. The molecule has 0 aromatic rings. The maximum atomic E-state index is 13.7. The summed E-state index contributed by atoms with van der Waals surface area (Å²) in [4.78, 5) is 39.6. The van der Waals surface area contributed by atoms with Crippen molar-refractivity contribution < 1.29 is 24.6 Å². The molecule has 30 heavy (non-hydrogen) atoms. The van der Waals surface area contributed by atoms with Gasteiger partial charge in [0.15, 0.2) is 5.78 Å². The van der Waals surface area contributed by atoms with Gasteiger partial charge in [-0.25, -0.2) is 0 Å². The Hall–Kier alpha value is -1.79. The van der Waals surface area contributed by atoms with Crippen molar-refractivity contribution in [2.45, 2.75) is 71.9 Å². The average Bonchev–Trinajstić information content (AvgIpc) is 2.97. The van der Waals surface area contributed by atoms with Crippen molar-refractivity contribution in [3.8, 4) is 0 Å². The van der Waals surface area contributed by atoms with Gasteiger partial charge in [-0.2, -0.15) is 0 Å². The monoisotopic (exact) mass is 417 g/mol. The number of nitrogens with one attached hydrogen (secondary N) is 1. The number of carbonyl (C=O) groups excluding carboxylic acids is 3. The second-order valence-corrected chi connectivity index (χ2v) is 9.78. The van der Waals surface area contributed by atoms with E-state index in [1.807, 2.05) is 26.0 Å². The molecule has 1 fully saturated rings. The molecule has 6 unspecified atom stereocenters. The standard InChI is InChI=1S/C24H35NO5/c1-13(2)9-18-22-15(4)16(12-26)11-17-10-14(3)5-6-19(27)20(28)7-8-21(29)24(17,22)23(30)25-18/h10-11,13,15,17-19,22,26-27H,5-9,12H2,1-4H3,(H,25,30). The largest absolute Gasteiger partial charge is 0.392 e. The average molecular weight is 418 g/mol. The van der Waals surface area contributed by atoms with Crippen LogP contribution in [0.25, 0.3) is 0 Å². The van der Waals surface area contributed by atoms with Gasteiger partial charge in [0.05, 0.1) is 6.61 Å². The molecule has 0 saturated carbocycles. The number of ketones is 2. The third-order valence-electron chi connectivity index (χ3n) is 7.31. The van der Waals surface area contributed by atoms with Gasteiger partial charge >= 0.3 is 0 Å². The second kappa shape index (κ2) is 8.75. The molecule has 1 aliphatic heterocycles. The first kappa shape index (κ1) is 22.9. The summed E-state index contributed by atoms with van der Waals surface area (Å²) in [6, 6.07) is -0.158. The van der Waals surface area contributed by atoms with E-state index in [2.05, 4.69) is 19.2 Å². The lowest BCUT2D eigenvalue weighted by atomic mass is 9.54. The molecule has 1 amide bonds. The third kappa shape index (κ3) is 3.80. The fourth-order valence-corrected chi connectivity index (χ4v) is 5.82. The molecule has 0 bridgehead atoms. The van der Waals surface area contributed by atoms with Crippen molar-refractivity contribution in [3.63, 3.8) is 0 Å². The Kier molecular flexibility index (Phi) is 6.68. The first-order valence-electron chi connectivity index (χ1n) is 11.2. The highest BCUT2D eigenvalue weighted by Gasteiger charge is 2.65. The molecule has 0 aromatic heterocycles. The fourth-order valence-electron chi connectivity index (χ4n) is 5.82. The van der Waals surface area contributed by atoms with Crippen molar-refractivity contribution in [1.82, 2.24) is 5.32 Å². The predicted molar refractivity (Wildman–Crippen MR) is 113 cm³/mol. The normalized spacial score (nSPS) is 37.7. The highest BCUT2D eigenvalue weighted by Crippen LogP contribution is 2.55. The topological polar surface area (TPSA) is 104 Å². The number of aliphatic hydroxyl groups is 2. The van der Waals surface area contributed by atoms with Crippen LogP contribution in [0.5, 0.6) is 0 Å². The molecule has 0 aromatic carbocycles. The van der Waals surface area contributed by atoms with Crippen LogP contribution >= 0.6 is 0 Å². The Morgan fingerprint density at radius 2 is 1.87 bits per heavy atom. The van der Waals surface area contributed by atoms with E-state index in [1.165, 1.54) is 0 Å². The third-order valence-corrected chi connectivity index (χ3v) is 7.31. The lowest BCUT2D eigenvalue weighted by Crippen LogP contribution is -2.52. The molecule has 1 heterocycles. The van der Waals surface area contributed by atoms with E-state index < -0.39 is 17.4 Å². The van der Waals surface area contributed by atoms with Crippen LogP contribution in [0.3, 0.4) is 0 Å². The number of hydrogen-bond donors (Lipinski definition) is 3. The van der Waals surface area contributed by atoms with Crippen LogP contribution in [0.4, 0.5) is 0 Å². The Balaban J connectivity index is 2.18. The maximum absolute atomic E-state index is 13.7. The molecule has 1 spiro atoms. The number of carbonyl (C=O) groups is 3. The van der Waals surface area contributed by atoms with Crippen LogP contribution in [0.2, 0.25) is 0 Å². The van der Waals surface area contributed by atoms with Gasteiger partial charge in [-0.3, -0.25) is 14.4 Å². The van der Waals surface area contributed by atoms with Crippen LogP contribution in [0.1, 0.15) is 59.8 Å². The molecule has 1 saturated heterocycles. The molecule has 6 nitrogen and oxygen atoms in total. The van der Waals surface area contributed by atoms with E-state index in [0.717, 1.165) is 17.6 Å². The minimum absolute atomic E-state index is 0.0483. The SMILES string of the molecule is CC1=CC2C=C(CO)C(C)C3C(CC(C)C)NC(=O)C23C(=O)CCC(=O)C(O)CC1. The fraction of sp³-hybridized carbons (Fsp3) is 0.708. The van der Waals surface area contributed by atoms with E-state index in [1.54, 1.807) is 0 Å². The number of rotatable bonds is 3. The Labute approximate surface area is 178 Å². The molecule has 3 rings (SSSR count). The highest BCUT2D eigenvalue weighted by molar-refractivity contribution is 6.10. The molecular formula is C24H35NO5. The molecule has 0 radical (unpaired) electrons. The zero-order valence-electron chi connectivity index (χ0n) is 18.5. The van der Waals surface area contributed by atoms with E-state index in [-0.39, 0.29) is 54.8 Å². The molecule has 6 heteroatoms. The van der Waals surface area contributed by atoms with Crippen LogP contribution < -0.4 is 5.32 Å². The summed E-state index contributed by atoms with van der Waals surface area (Å²) in [5.41, 5.74) is 0.519. The van der Waals surface area contributed by atoms with Crippen molar-refractivity contribution in [2.24, 2.45) is 29.1 Å². The summed E-state index contributed by atoms with van der Waals surface area (Å²) in [5, 5.41) is 23.3. The number of amides is 1. The zero-order valence-corrected chi connectivity index (χ0v) is 18.5. The van der Waals surface area contributed by atoms with Crippen LogP contribution in [-0.2, 0) is 14.4 Å². The number of hydrogen-bond acceptors (Lipinski definition) is 5. The highest BCUT2D eigenvalue weighted by atomic mass is 16.3. The van der Waals surface area contributed by atoms with Gasteiger partial charge in [-0.05, 0) is 43.6 Å². The smallest absolute Gasteiger partial charge is 0.235 e. The van der Waals surface area contributed by atoms with Gasteiger partial charge in [0.1, 0.15) is 17.3 Å². The van der Waals surface area contributed by atoms with E-state index in [9.17, 15) is 24.6 Å². The van der Waals surface area contributed by atoms with Gasteiger partial charge < -0.3 is 15.5 Å². The Morgan fingerprint density at radius 3 is 2.50 bits per heavy atom. The molecule has 166 valence electrons. The number of Topliss-reactive ketones (excluding diaryl/α,β-unsaturated/α-hetero) is 2. The summed E-state index contributed by atoms with van der Waals surface area (Å²) < 4.78 is 0. The van der Waals surface area contributed by atoms with E-state index in [0.29, 0.717) is 18.8 Å². The molecule has 3 aliphatic rings. The number of aliphatic hydroxyl groups excluding tert-OH is 2. The van der Waals surface area contributed by atoms with Gasteiger partial charge in [-0.15, -0.1) is 0 Å². The number of allylic oxidation sites excluding steroid dienone is 3. The van der Waals surface area contributed by atoms with Gasteiger partial charge in [0.25, 0.3) is 0 Å². The Morgan fingerprint density at radius 1 is 1.17 bits per heavy atom. The minimum Gasteiger partial charge on any atom is -0.392 e. The van der Waals surface area contributed by atoms with Gasteiger partial charge in [0.2, 0.25) is 5.91 Å². The minimum atomic E-state index is -1.27. The molecule has 6 atom stereocenters. The Bertz CT molecular complexity index is 782.